The Balaban J connectivity index is 1.41. The molecule has 1 saturated heterocycles. The minimum atomic E-state index is -1.80. The van der Waals surface area contributed by atoms with Gasteiger partial charge in [-0.25, -0.2) is 4.98 Å². The highest BCUT2D eigenvalue weighted by Gasteiger charge is 2.41. The number of rotatable bonds is 46. The van der Waals surface area contributed by atoms with Gasteiger partial charge in [0.1, 0.15) is 72.5 Å². The highest BCUT2D eigenvalue weighted by molar-refractivity contribution is 6.00. The number of likely N-dealkylation sites (tertiary alicyclic amines) is 1. The Morgan fingerprint density at radius 2 is 1.11 bits per heavy atom. The third-order valence-corrected chi connectivity index (χ3v) is 18.6. The number of nitrogens with zero attached hydrogens (tertiary/aromatic N) is 2. The van der Waals surface area contributed by atoms with Crippen LogP contribution >= 0.6 is 0 Å². The number of carbonyl (C=O) groups excluding carboxylic acids is 13. The summed E-state index contributed by atoms with van der Waals surface area (Å²) >= 11 is 0. The number of hydrogen-bond acceptors (Lipinski definition) is 21. The summed E-state index contributed by atoms with van der Waals surface area (Å²) in [5.41, 5.74) is 30.3. The highest BCUT2D eigenvalue weighted by Crippen LogP contribution is 2.23. The van der Waals surface area contributed by atoms with E-state index in [1.807, 2.05) is 0 Å². The Bertz CT molecular complexity index is 3680. The lowest BCUT2D eigenvalue weighted by atomic mass is 9.94. The number of H-pyrrole nitrogens is 2. The number of guanidine groups is 1. The van der Waals surface area contributed by atoms with Crippen molar-refractivity contribution in [3.8, 4) is 0 Å². The molecule has 594 valence electrons. The van der Waals surface area contributed by atoms with E-state index in [4.69, 9.17) is 34.1 Å². The van der Waals surface area contributed by atoms with E-state index in [1.165, 1.54) is 24.3 Å². The largest absolute Gasteiger partial charge is 0.394 e. The van der Waals surface area contributed by atoms with E-state index in [2.05, 4.69) is 78.8 Å². The zero-order chi connectivity index (χ0) is 79.7. The number of aromatic amines is 2. The molecule has 1 fully saturated rings. The van der Waals surface area contributed by atoms with Crippen molar-refractivity contribution in [1.29, 1.82) is 5.41 Å². The highest BCUT2D eigenvalue weighted by atomic mass is 16.3. The minimum Gasteiger partial charge on any atom is -0.394 e. The standard InChI is InChI=1S/C70H108N22O16/c1-6-37(3)55(90-68(107)56(38(4)7-2)89-65(104)52(35-95)87-59(98)44(73)33-93)67(106)88-51(34-94)64(103)86-50(29-42-31-77-36-81-42)63(102)84-48(27-40-17-9-8-10-18-40)62(101)83-46(22-15-25-78-70(75)76)61(100)85-49(28-41-30-79-45-20-12-11-19-43(41)45)60(99)80-32-54(96)82-47(21-13-14-24-71)69(108)92-26-16-23-53(92)66(105)91-57(39(5)72)58(74)97/h8-12,17-20,30-31,36-39,44,46-53,55-57,79,93-95H,6-7,13-16,21-29,32-35,71-73H2,1-5H3,(H2,74,97)(H,77,81)(H,80,99)(H,82,96)(H,83,101)(H,84,102)(H,85,100)(H,86,103)(H,87,98)(H,88,106)(H,89,104)(H,90,107)(H,91,105)(H4,75,76,78)/t37-,38-,39?,44-,46-,47?,48-,49?,50?,51-,52-,53?,55?,56-,57-/m0/s1. The van der Waals surface area contributed by atoms with Crippen molar-refractivity contribution in [3.05, 3.63) is 90.1 Å². The van der Waals surface area contributed by atoms with Crippen LogP contribution in [0.1, 0.15) is 109 Å². The van der Waals surface area contributed by atoms with Crippen LogP contribution in [-0.2, 0) is 81.6 Å². The van der Waals surface area contributed by atoms with Gasteiger partial charge in [0.2, 0.25) is 76.8 Å². The molecule has 15 atom stereocenters. The van der Waals surface area contributed by atoms with Gasteiger partial charge in [-0.2, -0.15) is 0 Å². The van der Waals surface area contributed by atoms with Crippen LogP contribution in [0, 0.1) is 17.2 Å². The molecule has 1 aliphatic rings. The van der Waals surface area contributed by atoms with Crippen LogP contribution in [0.4, 0.5) is 0 Å². The van der Waals surface area contributed by atoms with Gasteiger partial charge < -0.3 is 123 Å². The van der Waals surface area contributed by atoms with Crippen molar-refractivity contribution in [1.82, 2.24) is 83.7 Å². The van der Waals surface area contributed by atoms with Gasteiger partial charge in [-0.1, -0.05) is 89.1 Å². The van der Waals surface area contributed by atoms with Crippen LogP contribution < -0.4 is 92.5 Å². The zero-order valence-electron chi connectivity index (χ0n) is 61.5. The average molecular weight is 1510 g/mol. The van der Waals surface area contributed by atoms with Crippen molar-refractivity contribution in [2.75, 3.05) is 46.0 Å². The smallest absolute Gasteiger partial charge is 0.245 e. The molecule has 1 aliphatic heterocycles. The van der Waals surface area contributed by atoms with Crippen molar-refractivity contribution in [2.24, 2.45) is 40.5 Å². The van der Waals surface area contributed by atoms with E-state index in [-0.39, 0.29) is 76.7 Å². The quantitative estimate of drug-likeness (QED) is 0.0111. The Morgan fingerprint density at radius 3 is 1.69 bits per heavy atom. The summed E-state index contributed by atoms with van der Waals surface area (Å²) < 4.78 is 0. The summed E-state index contributed by atoms with van der Waals surface area (Å²) in [5, 5.41) is 69.4. The Kier molecular flexibility index (Phi) is 36.2. The van der Waals surface area contributed by atoms with E-state index < -0.39 is 199 Å². The van der Waals surface area contributed by atoms with Gasteiger partial charge in [0.15, 0.2) is 5.96 Å². The maximum Gasteiger partial charge on any atom is 0.245 e. The second-order valence-electron chi connectivity index (χ2n) is 26.8. The first-order chi connectivity index (χ1) is 51.5. The van der Waals surface area contributed by atoms with E-state index in [0.717, 1.165) is 0 Å². The lowest BCUT2D eigenvalue weighted by Gasteiger charge is -2.30. The molecule has 5 rings (SSSR count). The zero-order valence-corrected chi connectivity index (χ0v) is 61.5. The number of para-hydroxylation sites is 1. The Labute approximate surface area is 624 Å². The molecule has 4 aromatic rings. The number of amides is 13. The first-order valence-electron chi connectivity index (χ1n) is 36.1. The molecule has 0 aliphatic carbocycles. The van der Waals surface area contributed by atoms with Crippen molar-refractivity contribution >= 4 is 93.7 Å². The molecule has 2 aromatic carbocycles. The molecule has 0 bridgehead atoms. The van der Waals surface area contributed by atoms with Crippen LogP contribution in [0.25, 0.3) is 10.9 Å². The number of benzene rings is 2. The third-order valence-electron chi connectivity index (χ3n) is 18.6. The molecular formula is C70H108N22O16. The fourth-order valence-electron chi connectivity index (χ4n) is 11.9. The Morgan fingerprint density at radius 1 is 0.574 bits per heavy atom. The number of hydrogen-bond donors (Lipinski definition) is 23. The molecular weight excluding hydrogens is 1400 g/mol. The van der Waals surface area contributed by atoms with Gasteiger partial charge in [-0.05, 0) is 87.4 Å². The van der Waals surface area contributed by atoms with Crippen LogP contribution in [0.5, 0.6) is 0 Å². The fourth-order valence-corrected chi connectivity index (χ4v) is 11.9. The van der Waals surface area contributed by atoms with Crippen LogP contribution in [0.3, 0.4) is 0 Å². The van der Waals surface area contributed by atoms with Gasteiger partial charge in [0.25, 0.3) is 0 Å². The van der Waals surface area contributed by atoms with Gasteiger partial charge >= 0.3 is 0 Å². The molecule has 28 N–H and O–H groups in total. The molecule has 3 heterocycles. The number of primary amides is 1. The van der Waals surface area contributed by atoms with E-state index in [9.17, 15) is 72.9 Å². The summed E-state index contributed by atoms with van der Waals surface area (Å²) in [6.45, 7) is 5.11. The number of unbranched alkanes of at least 4 members (excludes halogenated alkanes) is 1. The SMILES string of the molecule is CC[C@H](C)C(NC(=O)[C@@H](NC(=O)[C@H](CO)NC(=O)[C@@H](N)CO)[C@@H](C)CC)C(=O)N[C@@H](CO)C(=O)NC(Cc1c[nH]cn1)C(=O)N[C@@H](Cc1ccccc1)C(=O)N[C@@H](CCCNC(=N)N)C(=O)NC(Cc1c[nH]c2ccccc12)C(=O)NCC(=O)NC(CCCCN)C(=O)N1CCCC1C(=O)N[C@H](C(N)=O)C(C)N. The number of aliphatic hydroxyl groups excluding tert-OH is 3. The predicted octanol–water partition coefficient (Wildman–Crippen LogP) is -6.50. The molecule has 2 aromatic heterocycles. The normalized spacial score (nSPS) is 16.5. The monoisotopic (exact) mass is 1510 g/mol. The molecule has 38 nitrogen and oxygen atoms in total. The number of nitrogens with two attached hydrogens (primary N) is 5. The fraction of sp³-hybridized carbons (Fsp3) is 0.557. The number of nitrogens with one attached hydrogen (secondary N) is 15. The predicted molar refractivity (Wildman–Crippen MR) is 395 cm³/mol. The van der Waals surface area contributed by atoms with Crippen LogP contribution in [0.15, 0.2) is 73.3 Å². The van der Waals surface area contributed by atoms with Crippen molar-refractivity contribution < 1.29 is 77.6 Å². The minimum absolute atomic E-state index is 0.0209. The lowest BCUT2D eigenvalue weighted by molar-refractivity contribution is -0.142. The summed E-state index contributed by atoms with van der Waals surface area (Å²) in [5.74, 6) is -13.3. The van der Waals surface area contributed by atoms with Gasteiger partial charge in [0, 0.05) is 61.7 Å². The summed E-state index contributed by atoms with van der Waals surface area (Å²) in [6.07, 6.45) is 5.64. The van der Waals surface area contributed by atoms with Crippen LogP contribution in [-0.4, -0.2) is 242 Å². The second kappa shape index (κ2) is 44.5. The van der Waals surface area contributed by atoms with Crippen LogP contribution in [0.2, 0.25) is 0 Å². The number of aliphatic hydroxyl groups is 3. The average Bonchev–Trinajstić information content (AvgIpc) is 1.66. The molecule has 13 amide bonds. The maximum atomic E-state index is 15.1. The number of carbonyl (C=O) groups is 13. The van der Waals surface area contributed by atoms with Crippen molar-refractivity contribution in [3.63, 3.8) is 0 Å². The van der Waals surface area contributed by atoms with Gasteiger partial charge in [-0.15, -0.1) is 0 Å². The Hall–Kier alpha value is -10.7. The number of fused-ring (bicyclic) bond motifs is 1. The third kappa shape index (κ3) is 27.0. The molecule has 0 spiro atoms. The molecule has 108 heavy (non-hydrogen) atoms. The van der Waals surface area contributed by atoms with E-state index in [1.54, 1.807) is 88.5 Å². The molecule has 6 unspecified atom stereocenters. The van der Waals surface area contributed by atoms with Crippen molar-refractivity contribution in [2.45, 2.75) is 190 Å². The number of aromatic nitrogens is 3. The van der Waals surface area contributed by atoms with Gasteiger partial charge in [-0.3, -0.25) is 67.7 Å². The summed E-state index contributed by atoms with van der Waals surface area (Å²) in [4.78, 5) is 194. The summed E-state index contributed by atoms with van der Waals surface area (Å²) in [6, 6.07) is -2.61. The first kappa shape index (κ1) is 88.0. The van der Waals surface area contributed by atoms with E-state index in [0.29, 0.717) is 47.7 Å². The topological polar surface area (TPSA) is 629 Å². The second-order valence-corrected chi connectivity index (χ2v) is 26.8. The molecule has 38 heteroatoms. The van der Waals surface area contributed by atoms with E-state index >= 15 is 4.79 Å². The molecule has 0 radical (unpaired) electrons. The lowest BCUT2D eigenvalue weighted by Crippen LogP contribution is -2.63. The molecule has 0 saturated carbocycles. The van der Waals surface area contributed by atoms with Gasteiger partial charge in [0.05, 0.1) is 38.4 Å². The maximum absolute atomic E-state index is 15.1. The first-order valence-corrected chi connectivity index (χ1v) is 36.1. The summed E-state index contributed by atoms with van der Waals surface area (Å²) in [7, 11) is 0. The number of imidazole rings is 1.